The Morgan fingerprint density at radius 1 is 1.29 bits per heavy atom. The van der Waals surface area contributed by atoms with Gasteiger partial charge < -0.3 is 39.5 Å². The highest BCUT2D eigenvalue weighted by molar-refractivity contribution is 7.53. The van der Waals surface area contributed by atoms with Crippen molar-refractivity contribution in [1.82, 2.24) is 19.7 Å². The predicted octanol–water partition coefficient (Wildman–Crippen LogP) is 1.01. The summed E-state index contributed by atoms with van der Waals surface area (Å²) < 4.78 is 29.3. The Bertz CT molecular complexity index is 1060. The number of nitrogens with zero attached hydrogens (tertiary/aromatic N) is 4. The van der Waals surface area contributed by atoms with Crippen LogP contribution >= 0.6 is 19.2 Å². The number of nitrogens with one attached hydrogen (secondary N) is 1. The van der Waals surface area contributed by atoms with Crippen LogP contribution in [0.1, 0.15) is 38.8 Å². The average molecular weight is 522 g/mol. The van der Waals surface area contributed by atoms with Crippen LogP contribution in [0.15, 0.2) is 6.20 Å². The third kappa shape index (κ3) is 4.95. The number of fused-ring (bicyclic) bond motifs is 1. The molecular formula is C19H29ClN5O8P. The molecule has 15 heteroatoms. The van der Waals surface area contributed by atoms with Crippen molar-refractivity contribution < 1.29 is 38.8 Å². The molecule has 0 amide bonds. The lowest BCUT2D eigenvalue weighted by Gasteiger charge is -2.31. The van der Waals surface area contributed by atoms with Gasteiger partial charge in [0.05, 0.1) is 24.8 Å². The first-order valence-corrected chi connectivity index (χ1v) is 12.9. The molecule has 0 unspecified atom stereocenters. The summed E-state index contributed by atoms with van der Waals surface area (Å²) in [6, 6.07) is 0.268. The molecule has 190 valence electrons. The fraction of sp³-hybridized carbons (Fsp3) is 0.737. The molecule has 2 aromatic rings. The molecule has 13 nitrogen and oxygen atoms in total. The van der Waals surface area contributed by atoms with Gasteiger partial charge in [0.15, 0.2) is 17.2 Å². The number of aliphatic hydroxyl groups is 2. The Morgan fingerprint density at radius 3 is 2.65 bits per heavy atom. The van der Waals surface area contributed by atoms with Gasteiger partial charge in [-0.15, -0.1) is 0 Å². The van der Waals surface area contributed by atoms with Crippen LogP contribution in [0, 0.1) is 0 Å². The molecule has 34 heavy (non-hydrogen) atoms. The molecule has 1 saturated heterocycles. The molecular weight excluding hydrogens is 493 g/mol. The van der Waals surface area contributed by atoms with Gasteiger partial charge in [0.1, 0.15) is 24.1 Å². The van der Waals surface area contributed by atoms with Crippen molar-refractivity contribution in [2.45, 2.75) is 68.5 Å². The Morgan fingerprint density at radius 2 is 2.00 bits per heavy atom. The summed E-state index contributed by atoms with van der Waals surface area (Å²) in [5.74, 6) is 0.526. The largest absolute Gasteiger partial charge is 0.387 e. The summed E-state index contributed by atoms with van der Waals surface area (Å²) in [7, 11) is -3.44. The number of hydrogen-bond acceptors (Lipinski definition) is 10. The van der Waals surface area contributed by atoms with Crippen LogP contribution in [0.4, 0.5) is 5.82 Å². The molecule has 5 N–H and O–H groups in total. The molecule has 4 rings (SSSR count). The first-order valence-electron chi connectivity index (χ1n) is 10.9. The second-order valence-corrected chi connectivity index (χ2v) is 11.2. The fourth-order valence-corrected chi connectivity index (χ4v) is 4.97. The molecule has 0 bridgehead atoms. The second kappa shape index (κ2) is 9.92. The molecule has 2 aromatic heterocycles. The van der Waals surface area contributed by atoms with Crippen molar-refractivity contribution >= 4 is 36.0 Å². The van der Waals surface area contributed by atoms with E-state index in [-0.39, 0.29) is 17.9 Å². The second-order valence-electron chi connectivity index (χ2n) is 8.80. The molecule has 0 aromatic carbocycles. The fourth-order valence-electron chi connectivity index (χ4n) is 4.27. The smallest absolute Gasteiger partial charge is 0.359 e. The van der Waals surface area contributed by atoms with Gasteiger partial charge in [-0.3, -0.25) is 4.57 Å². The van der Waals surface area contributed by atoms with Crippen molar-refractivity contribution in [3.63, 3.8) is 0 Å². The van der Waals surface area contributed by atoms with Gasteiger partial charge in [-0.05, 0) is 31.4 Å². The first-order chi connectivity index (χ1) is 16.0. The summed E-state index contributed by atoms with van der Waals surface area (Å²) in [6.45, 7) is 0.399. The molecule has 1 aliphatic heterocycles. The van der Waals surface area contributed by atoms with Gasteiger partial charge in [-0.1, -0.05) is 12.8 Å². The minimum atomic E-state index is -4.72. The number of aromatic nitrogens is 4. The molecule has 1 saturated carbocycles. The van der Waals surface area contributed by atoms with Crippen molar-refractivity contribution in [3.05, 3.63) is 11.5 Å². The predicted molar refractivity (Wildman–Crippen MR) is 120 cm³/mol. The summed E-state index contributed by atoms with van der Waals surface area (Å²) in [5.41, 5.74) is 0.303. The molecule has 0 radical (unpaired) electrons. The van der Waals surface area contributed by atoms with E-state index in [2.05, 4.69) is 20.4 Å². The molecule has 1 aliphatic carbocycles. The minimum Gasteiger partial charge on any atom is -0.387 e. The van der Waals surface area contributed by atoms with E-state index in [1.54, 1.807) is 0 Å². The third-order valence-electron chi connectivity index (χ3n) is 6.29. The van der Waals surface area contributed by atoms with E-state index < -0.39 is 44.1 Å². The van der Waals surface area contributed by atoms with Crippen molar-refractivity contribution in [2.24, 2.45) is 0 Å². The van der Waals surface area contributed by atoms with E-state index in [1.165, 1.54) is 24.9 Å². The summed E-state index contributed by atoms with van der Waals surface area (Å²) in [5, 5.41) is 27.5. The first kappa shape index (κ1) is 25.7. The van der Waals surface area contributed by atoms with Gasteiger partial charge in [-0.2, -0.15) is 15.1 Å². The Balaban J connectivity index is 1.55. The van der Waals surface area contributed by atoms with Gasteiger partial charge in [0.25, 0.3) is 0 Å². The number of hydrogen-bond donors (Lipinski definition) is 5. The molecule has 2 fully saturated rings. The minimum absolute atomic E-state index is 0.0142. The lowest BCUT2D eigenvalue weighted by molar-refractivity contribution is -0.107. The van der Waals surface area contributed by atoms with Gasteiger partial charge >= 0.3 is 7.60 Å². The van der Waals surface area contributed by atoms with E-state index in [9.17, 15) is 24.6 Å². The number of rotatable bonds is 9. The van der Waals surface area contributed by atoms with Gasteiger partial charge in [0.2, 0.25) is 5.28 Å². The zero-order valence-corrected chi connectivity index (χ0v) is 20.4. The number of methoxy groups -OCH3 is 1. The molecule has 5 atom stereocenters. The highest BCUT2D eigenvalue weighted by atomic mass is 35.5. The lowest BCUT2D eigenvalue weighted by atomic mass is 10.1. The van der Waals surface area contributed by atoms with E-state index >= 15 is 0 Å². The molecule has 0 spiro atoms. The lowest BCUT2D eigenvalue weighted by Crippen LogP contribution is -2.40. The maximum atomic E-state index is 11.9. The highest BCUT2D eigenvalue weighted by Gasteiger charge is 2.49. The van der Waals surface area contributed by atoms with E-state index in [4.69, 9.17) is 25.8 Å². The highest BCUT2D eigenvalue weighted by Crippen LogP contribution is 2.51. The summed E-state index contributed by atoms with van der Waals surface area (Å²) in [6.07, 6.45) is 0.755. The number of aliphatic hydroxyl groups excluding tert-OH is 2. The number of ether oxygens (including phenoxy) is 3. The van der Waals surface area contributed by atoms with Crippen molar-refractivity contribution in [2.75, 3.05) is 25.6 Å². The van der Waals surface area contributed by atoms with Crippen molar-refractivity contribution in [1.29, 1.82) is 0 Å². The third-order valence-corrected chi connectivity index (χ3v) is 7.95. The van der Waals surface area contributed by atoms with Crippen LogP contribution in [-0.4, -0.2) is 89.8 Å². The van der Waals surface area contributed by atoms with E-state index in [0.717, 1.165) is 25.7 Å². The van der Waals surface area contributed by atoms with Crippen LogP contribution in [0.3, 0.4) is 0 Å². The Labute approximate surface area is 200 Å². The standard InChI is InChI=1S/C19H29ClN5O8P/c1-19(9-31-2,34(28,29)30)32-8-12-13(26)14(27)17(33-12)25-16-11(7-21-25)15(23-18(20)24-16)22-10-5-3-4-6-10/h7,10,12-14,17,26-27H,3-6,8-9H2,1-2H3,(H,22,23,24)(H2,28,29,30)/t12-,13-,14-,17-,19+/m1/s1. The van der Waals surface area contributed by atoms with Crippen LogP contribution in [0.5, 0.6) is 0 Å². The van der Waals surface area contributed by atoms with Crippen LogP contribution < -0.4 is 5.32 Å². The zero-order chi connectivity index (χ0) is 24.7. The van der Waals surface area contributed by atoms with E-state index in [1.807, 2.05) is 0 Å². The monoisotopic (exact) mass is 521 g/mol. The topological polar surface area (TPSA) is 181 Å². The summed E-state index contributed by atoms with van der Waals surface area (Å²) >= 11 is 6.15. The molecule has 3 heterocycles. The van der Waals surface area contributed by atoms with Crippen molar-refractivity contribution in [3.8, 4) is 0 Å². The maximum absolute atomic E-state index is 11.9. The average Bonchev–Trinajstić information content (AvgIpc) is 3.48. The normalized spacial score (nSPS) is 28.0. The quantitative estimate of drug-likeness (QED) is 0.233. The maximum Gasteiger partial charge on any atom is 0.359 e. The zero-order valence-electron chi connectivity index (χ0n) is 18.7. The Kier molecular flexibility index (Phi) is 7.49. The SMILES string of the molecule is COC[C@@](C)(OC[C@H]1O[C@@H](n2ncc3c(NC4CCCC4)nc(Cl)nc32)[C@H](O)[C@@H]1O)P(=O)(O)O. The Hall–Kier alpha value is -1.41. The van der Waals surface area contributed by atoms with Gasteiger partial charge in [0, 0.05) is 13.2 Å². The van der Waals surface area contributed by atoms with Crippen LogP contribution in [-0.2, 0) is 18.8 Å². The van der Waals surface area contributed by atoms with E-state index in [0.29, 0.717) is 16.9 Å². The number of halogens is 1. The van der Waals surface area contributed by atoms with Crippen LogP contribution in [0.2, 0.25) is 5.28 Å². The molecule has 2 aliphatic rings. The van der Waals surface area contributed by atoms with Crippen LogP contribution in [0.25, 0.3) is 11.0 Å². The summed E-state index contributed by atoms with van der Waals surface area (Å²) in [4.78, 5) is 27.8. The number of anilines is 1. The van der Waals surface area contributed by atoms with Gasteiger partial charge in [-0.25, -0.2) is 4.68 Å².